The summed E-state index contributed by atoms with van der Waals surface area (Å²) in [5, 5.41) is 15.5. The fourth-order valence-corrected chi connectivity index (χ4v) is 1.79. The van der Waals surface area contributed by atoms with Crippen LogP contribution in [0.25, 0.3) is 5.70 Å². The van der Waals surface area contributed by atoms with E-state index >= 15 is 0 Å². The number of hydrogen-bond donors (Lipinski definition) is 3. The standard InChI is InChI=1S/C10H13N3O2S2/c1-11-10(16)13-12-7(4-5-9(14)15)8-3-2-6-17-8/h2-4,6,12H,5H2,1H3,(H,14,15)(H2,11,13,16)/p-1/b7-4+. The zero-order chi connectivity index (χ0) is 12.7. The summed E-state index contributed by atoms with van der Waals surface area (Å²) in [6.07, 6.45) is 1.38. The van der Waals surface area contributed by atoms with Crippen LogP contribution in [0, 0.1) is 0 Å². The van der Waals surface area contributed by atoms with Crippen molar-refractivity contribution in [2.45, 2.75) is 6.42 Å². The van der Waals surface area contributed by atoms with Crippen LogP contribution in [-0.4, -0.2) is 18.1 Å². The Bertz CT molecular complexity index is 415. The Morgan fingerprint density at radius 3 is 2.88 bits per heavy atom. The van der Waals surface area contributed by atoms with Crippen molar-refractivity contribution in [2.24, 2.45) is 0 Å². The Morgan fingerprint density at radius 1 is 1.59 bits per heavy atom. The third-order valence-electron chi connectivity index (χ3n) is 1.80. The van der Waals surface area contributed by atoms with E-state index in [1.165, 1.54) is 17.4 Å². The van der Waals surface area contributed by atoms with Crippen molar-refractivity contribution in [3.8, 4) is 0 Å². The maximum atomic E-state index is 10.4. The molecule has 7 heteroatoms. The van der Waals surface area contributed by atoms with Gasteiger partial charge in [-0.2, -0.15) is 0 Å². The topological polar surface area (TPSA) is 76.2 Å². The summed E-state index contributed by atoms with van der Waals surface area (Å²) in [4.78, 5) is 11.3. The molecule has 92 valence electrons. The highest BCUT2D eigenvalue weighted by Gasteiger charge is 2.02. The van der Waals surface area contributed by atoms with Gasteiger partial charge in [0.15, 0.2) is 5.11 Å². The molecule has 0 aliphatic rings. The number of thiocarbonyl (C=S) groups is 1. The largest absolute Gasteiger partial charge is 0.550 e. The summed E-state index contributed by atoms with van der Waals surface area (Å²) in [7, 11) is 1.69. The third-order valence-corrected chi connectivity index (χ3v) is 3.01. The molecule has 0 amide bonds. The van der Waals surface area contributed by atoms with E-state index in [-0.39, 0.29) is 6.42 Å². The van der Waals surface area contributed by atoms with Crippen molar-refractivity contribution < 1.29 is 9.90 Å². The molecule has 1 heterocycles. The zero-order valence-electron chi connectivity index (χ0n) is 9.15. The summed E-state index contributed by atoms with van der Waals surface area (Å²) in [5.41, 5.74) is 6.25. The first-order valence-corrected chi connectivity index (χ1v) is 6.10. The molecule has 0 atom stereocenters. The van der Waals surface area contributed by atoms with Gasteiger partial charge in [0.1, 0.15) is 0 Å². The van der Waals surface area contributed by atoms with E-state index in [1.807, 2.05) is 17.5 Å². The number of carboxylic acids is 1. The van der Waals surface area contributed by atoms with Gasteiger partial charge in [-0.15, -0.1) is 11.3 Å². The van der Waals surface area contributed by atoms with Crippen molar-refractivity contribution in [1.29, 1.82) is 0 Å². The van der Waals surface area contributed by atoms with Crippen molar-refractivity contribution in [2.75, 3.05) is 7.05 Å². The highest BCUT2D eigenvalue weighted by atomic mass is 32.1. The number of hydrazine groups is 1. The minimum absolute atomic E-state index is 0.159. The summed E-state index contributed by atoms with van der Waals surface area (Å²) >= 11 is 6.40. The second-order valence-corrected chi connectivity index (χ2v) is 4.36. The molecular weight excluding hydrogens is 258 g/mol. The van der Waals surface area contributed by atoms with Crippen LogP contribution in [0.5, 0.6) is 0 Å². The number of aliphatic carboxylic acids is 1. The lowest BCUT2D eigenvalue weighted by molar-refractivity contribution is -0.304. The van der Waals surface area contributed by atoms with E-state index in [2.05, 4.69) is 16.2 Å². The SMILES string of the molecule is CNC(=S)NN/C(=C/CC(=O)[O-])c1cccs1. The highest BCUT2D eigenvalue weighted by Crippen LogP contribution is 2.17. The van der Waals surface area contributed by atoms with E-state index in [1.54, 1.807) is 7.05 Å². The first-order chi connectivity index (χ1) is 8.13. The van der Waals surface area contributed by atoms with Crippen molar-refractivity contribution >= 4 is 40.3 Å². The number of rotatable bonds is 5. The van der Waals surface area contributed by atoms with Gasteiger partial charge in [-0.05, 0) is 23.7 Å². The fourth-order valence-electron chi connectivity index (χ4n) is 1.02. The molecule has 17 heavy (non-hydrogen) atoms. The molecule has 0 fully saturated rings. The van der Waals surface area contributed by atoms with Crippen LogP contribution in [0.4, 0.5) is 0 Å². The van der Waals surface area contributed by atoms with Crippen LogP contribution in [0.15, 0.2) is 23.6 Å². The minimum atomic E-state index is -1.13. The average molecular weight is 270 g/mol. The molecule has 0 spiro atoms. The van der Waals surface area contributed by atoms with Gasteiger partial charge < -0.3 is 15.2 Å². The monoisotopic (exact) mass is 270 g/mol. The molecule has 0 unspecified atom stereocenters. The predicted octanol–water partition coefficient (Wildman–Crippen LogP) is -0.173. The smallest absolute Gasteiger partial charge is 0.184 e. The third kappa shape index (κ3) is 4.83. The molecule has 0 aromatic carbocycles. The maximum absolute atomic E-state index is 10.4. The molecule has 0 radical (unpaired) electrons. The first kappa shape index (κ1) is 13.5. The Balaban J connectivity index is 2.70. The molecule has 0 saturated heterocycles. The van der Waals surface area contributed by atoms with Gasteiger partial charge in [-0.3, -0.25) is 10.9 Å². The van der Waals surface area contributed by atoms with Gasteiger partial charge in [-0.1, -0.05) is 12.1 Å². The first-order valence-electron chi connectivity index (χ1n) is 4.81. The number of nitrogens with one attached hydrogen (secondary N) is 3. The van der Waals surface area contributed by atoms with Gasteiger partial charge in [-0.25, -0.2) is 0 Å². The molecule has 5 nitrogen and oxygen atoms in total. The normalized spacial score (nSPS) is 10.8. The van der Waals surface area contributed by atoms with Crippen LogP contribution in [-0.2, 0) is 4.79 Å². The fraction of sp³-hybridized carbons (Fsp3) is 0.200. The van der Waals surface area contributed by atoms with Crippen molar-refractivity contribution in [3.63, 3.8) is 0 Å². The zero-order valence-corrected chi connectivity index (χ0v) is 10.8. The lowest BCUT2D eigenvalue weighted by Gasteiger charge is -2.12. The summed E-state index contributed by atoms with van der Waals surface area (Å²) in [6, 6.07) is 3.76. The van der Waals surface area contributed by atoms with Gasteiger partial charge in [0, 0.05) is 19.4 Å². The molecule has 0 aliphatic heterocycles. The Labute approximate surface area is 109 Å². The molecular formula is C10H12N3O2S2-. The molecule has 0 aliphatic carbocycles. The van der Waals surface area contributed by atoms with Gasteiger partial charge >= 0.3 is 0 Å². The Kier molecular flexibility index (Phi) is 5.44. The summed E-state index contributed by atoms with van der Waals surface area (Å²) < 4.78 is 0. The Hall–Kier alpha value is -1.60. The summed E-state index contributed by atoms with van der Waals surface area (Å²) in [6.45, 7) is 0. The lowest BCUT2D eigenvalue weighted by atomic mass is 10.3. The van der Waals surface area contributed by atoms with Gasteiger partial charge in [0.05, 0.1) is 10.6 Å². The quantitative estimate of drug-likeness (QED) is 0.509. The van der Waals surface area contributed by atoms with Crippen molar-refractivity contribution in [3.05, 3.63) is 28.5 Å². The average Bonchev–Trinajstić information content (AvgIpc) is 2.81. The van der Waals surface area contributed by atoms with E-state index < -0.39 is 5.97 Å². The predicted molar refractivity (Wildman–Crippen MR) is 69.8 cm³/mol. The molecule has 1 aromatic rings. The minimum Gasteiger partial charge on any atom is -0.550 e. The number of hydrogen-bond acceptors (Lipinski definition) is 5. The molecule has 1 rings (SSSR count). The molecule has 1 aromatic heterocycles. The van der Waals surface area contributed by atoms with E-state index in [9.17, 15) is 9.90 Å². The highest BCUT2D eigenvalue weighted by molar-refractivity contribution is 7.80. The number of carbonyl (C=O) groups is 1. The van der Waals surface area contributed by atoms with Crippen LogP contribution in [0.1, 0.15) is 11.3 Å². The number of carboxylic acid groups (broad SMARTS) is 1. The maximum Gasteiger partial charge on any atom is 0.184 e. The second-order valence-electron chi connectivity index (χ2n) is 3.00. The van der Waals surface area contributed by atoms with Crippen LogP contribution in [0.3, 0.4) is 0 Å². The number of carbonyl (C=O) groups excluding carboxylic acids is 1. The molecule has 0 saturated carbocycles. The second kappa shape index (κ2) is 6.87. The lowest BCUT2D eigenvalue weighted by Crippen LogP contribution is -2.41. The van der Waals surface area contributed by atoms with E-state index in [0.29, 0.717) is 10.8 Å². The molecule has 0 bridgehead atoms. The van der Waals surface area contributed by atoms with E-state index in [4.69, 9.17) is 12.2 Å². The van der Waals surface area contributed by atoms with Gasteiger partial charge in [0.25, 0.3) is 0 Å². The van der Waals surface area contributed by atoms with Crippen LogP contribution >= 0.6 is 23.6 Å². The summed E-state index contributed by atoms with van der Waals surface area (Å²) in [5.74, 6) is -1.13. The van der Waals surface area contributed by atoms with Crippen LogP contribution < -0.4 is 21.3 Å². The van der Waals surface area contributed by atoms with Gasteiger partial charge in [0.2, 0.25) is 0 Å². The molecule has 3 N–H and O–H groups in total. The van der Waals surface area contributed by atoms with Crippen molar-refractivity contribution in [1.82, 2.24) is 16.2 Å². The van der Waals surface area contributed by atoms with Crippen LogP contribution in [0.2, 0.25) is 0 Å². The Morgan fingerprint density at radius 2 is 2.35 bits per heavy atom. The number of thiophene rings is 1. The van der Waals surface area contributed by atoms with E-state index in [0.717, 1.165) is 4.88 Å².